The molecule has 0 aliphatic carbocycles. The third-order valence-corrected chi connectivity index (χ3v) is 4.11. The topological polar surface area (TPSA) is 74.7 Å². The molecule has 5 nitrogen and oxygen atoms in total. The van der Waals surface area contributed by atoms with Gasteiger partial charge in [0.25, 0.3) is 10.1 Å². The first-order chi connectivity index (χ1) is 6.90. The third kappa shape index (κ3) is 4.45. The van der Waals surface area contributed by atoms with E-state index in [1.54, 1.807) is 0 Å². The van der Waals surface area contributed by atoms with Gasteiger partial charge in [0.15, 0.2) is 0 Å². The fourth-order valence-corrected chi connectivity index (χ4v) is 2.84. The zero-order valence-electron chi connectivity index (χ0n) is 7.88. The van der Waals surface area contributed by atoms with Crippen LogP contribution in [0.1, 0.15) is 12.8 Å². The molecule has 1 fully saturated rings. The Morgan fingerprint density at radius 3 is 2.60 bits per heavy atom. The van der Waals surface area contributed by atoms with Gasteiger partial charge in [-0.15, -0.1) is 0 Å². The van der Waals surface area contributed by atoms with Gasteiger partial charge >= 0.3 is 0 Å². The largest absolute Gasteiger partial charge is 0.297 e. The monoisotopic (exact) mass is 269 g/mol. The summed E-state index contributed by atoms with van der Waals surface area (Å²) in [6, 6.07) is 0. The molecule has 0 aromatic heterocycles. The molecule has 1 rings (SSSR count). The minimum absolute atomic E-state index is 0.0307. The molecule has 0 radical (unpaired) electrons. The highest BCUT2D eigenvalue weighted by molar-refractivity contribution is 8.23. The van der Waals surface area contributed by atoms with Crippen molar-refractivity contribution in [2.45, 2.75) is 12.8 Å². The summed E-state index contributed by atoms with van der Waals surface area (Å²) < 4.78 is 29.8. The van der Waals surface area contributed by atoms with Gasteiger partial charge in [-0.3, -0.25) is 14.2 Å². The highest BCUT2D eigenvalue weighted by atomic mass is 32.2. The second-order valence-electron chi connectivity index (χ2n) is 3.09. The van der Waals surface area contributed by atoms with Gasteiger partial charge in [0.05, 0.1) is 11.5 Å². The predicted molar refractivity (Wildman–Crippen MR) is 62.4 cm³/mol. The lowest BCUT2D eigenvalue weighted by atomic mass is 10.3. The van der Waals surface area contributed by atoms with Crippen molar-refractivity contribution in [2.24, 2.45) is 0 Å². The van der Waals surface area contributed by atoms with E-state index in [2.05, 4.69) is 0 Å². The fourth-order valence-electron chi connectivity index (χ4n) is 1.15. The van der Waals surface area contributed by atoms with Crippen LogP contribution < -0.4 is 0 Å². The van der Waals surface area contributed by atoms with Crippen LogP contribution in [0.3, 0.4) is 0 Å². The Morgan fingerprint density at radius 2 is 2.13 bits per heavy atom. The van der Waals surface area contributed by atoms with Crippen LogP contribution in [0.4, 0.5) is 0 Å². The van der Waals surface area contributed by atoms with Crippen LogP contribution in [0.2, 0.25) is 0 Å². The van der Waals surface area contributed by atoms with Crippen molar-refractivity contribution in [2.75, 3.05) is 18.1 Å². The van der Waals surface area contributed by atoms with E-state index in [0.29, 0.717) is 29.5 Å². The van der Waals surface area contributed by atoms with E-state index in [9.17, 15) is 13.2 Å². The van der Waals surface area contributed by atoms with Gasteiger partial charge in [-0.1, -0.05) is 24.0 Å². The lowest BCUT2D eigenvalue weighted by Crippen LogP contribution is -2.29. The van der Waals surface area contributed by atoms with Crippen LogP contribution in [-0.2, 0) is 14.9 Å². The Morgan fingerprint density at radius 1 is 1.47 bits per heavy atom. The van der Waals surface area contributed by atoms with Crippen molar-refractivity contribution in [3.05, 3.63) is 0 Å². The third-order valence-electron chi connectivity index (χ3n) is 1.87. The van der Waals surface area contributed by atoms with E-state index >= 15 is 0 Å². The number of thioether (sulfide) groups is 1. The number of hydrogen-bond donors (Lipinski definition) is 1. The van der Waals surface area contributed by atoms with E-state index in [4.69, 9.17) is 16.8 Å². The molecule has 1 amide bonds. The maximum absolute atomic E-state index is 11.2. The Balaban J connectivity index is 2.26. The van der Waals surface area contributed by atoms with E-state index in [-0.39, 0.29) is 11.7 Å². The summed E-state index contributed by atoms with van der Waals surface area (Å²) in [6.45, 7) is 0.431. The number of carbonyl (C=O) groups excluding carboxylic acids is 1. The molecule has 86 valence electrons. The summed E-state index contributed by atoms with van der Waals surface area (Å²) >= 11 is 6.26. The zero-order chi connectivity index (χ0) is 11.5. The molecule has 8 heteroatoms. The quantitative estimate of drug-likeness (QED) is 0.445. The Bertz CT molecular complexity index is 348. The number of carbonyl (C=O) groups is 1. The second-order valence-corrected chi connectivity index (χ2v) is 6.27. The average molecular weight is 269 g/mol. The van der Waals surface area contributed by atoms with Crippen LogP contribution in [0, 0.1) is 0 Å². The number of thiocarbonyl (C=S) groups is 1. The summed E-state index contributed by atoms with van der Waals surface area (Å²) in [5.74, 6) is 0.0726. The van der Waals surface area contributed by atoms with Crippen molar-refractivity contribution in [3.63, 3.8) is 0 Å². The molecule has 0 saturated carbocycles. The summed E-state index contributed by atoms with van der Waals surface area (Å²) in [4.78, 5) is 12.7. The first-order valence-corrected chi connectivity index (χ1v) is 7.33. The van der Waals surface area contributed by atoms with Crippen molar-refractivity contribution >= 4 is 44.3 Å². The van der Waals surface area contributed by atoms with Gasteiger partial charge in [-0.2, -0.15) is 8.42 Å². The number of unbranched alkanes of at least 4 members (excludes halogenated alkanes) is 1. The van der Waals surface area contributed by atoms with Crippen molar-refractivity contribution in [1.82, 2.24) is 4.90 Å². The number of hydrogen-bond acceptors (Lipinski definition) is 5. The van der Waals surface area contributed by atoms with Crippen LogP contribution in [0.15, 0.2) is 0 Å². The lowest BCUT2D eigenvalue weighted by molar-refractivity contribution is -0.124. The van der Waals surface area contributed by atoms with E-state index in [1.807, 2.05) is 0 Å². The van der Waals surface area contributed by atoms with Crippen molar-refractivity contribution in [3.8, 4) is 0 Å². The molecule has 0 atom stereocenters. The molecule has 1 saturated heterocycles. The summed E-state index contributed by atoms with van der Waals surface area (Å²) in [6.07, 6.45) is 0.849. The highest BCUT2D eigenvalue weighted by Crippen LogP contribution is 2.19. The molecule has 0 spiro atoms. The maximum atomic E-state index is 11.2. The van der Waals surface area contributed by atoms with E-state index < -0.39 is 10.1 Å². The smallest absolute Gasteiger partial charge is 0.264 e. The van der Waals surface area contributed by atoms with E-state index in [1.165, 1.54) is 16.7 Å². The second kappa shape index (κ2) is 5.24. The van der Waals surface area contributed by atoms with Gasteiger partial charge in [0, 0.05) is 6.54 Å². The van der Waals surface area contributed by atoms with Gasteiger partial charge in [0.2, 0.25) is 5.91 Å². The number of nitrogens with zero attached hydrogens (tertiary/aromatic N) is 1. The highest BCUT2D eigenvalue weighted by Gasteiger charge is 2.25. The van der Waals surface area contributed by atoms with Crippen LogP contribution in [0.5, 0.6) is 0 Å². The summed E-state index contributed by atoms with van der Waals surface area (Å²) in [7, 11) is -3.89. The normalized spacial score (nSPS) is 17.5. The Kier molecular flexibility index (Phi) is 4.50. The standard InChI is InChI=1S/C7H11NO4S3/c9-6-5-14-7(13)8(6)3-1-2-4-15(10,11)12/h1-5H2,(H,10,11,12). The molecular weight excluding hydrogens is 258 g/mol. The number of rotatable bonds is 5. The molecule has 1 heterocycles. The SMILES string of the molecule is O=C1CSC(=S)N1CCCCS(=O)(=O)O. The van der Waals surface area contributed by atoms with Crippen molar-refractivity contribution in [1.29, 1.82) is 0 Å². The van der Waals surface area contributed by atoms with Gasteiger partial charge in [-0.25, -0.2) is 0 Å². The molecule has 1 N–H and O–H groups in total. The molecule has 15 heavy (non-hydrogen) atoms. The van der Waals surface area contributed by atoms with Crippen LogP contribution in [-0.4, -0.2) is 46.1 Å². The van der Waals surface area contributed by atoms with Crippen LogP contribution in [0.25, 0.3) is 0 Å². The Hall–Kier alpha value is -0.180. The summed E-state index contributed by atoms with van der Waals surface area (Å²) in [5.41, 5.74) is 0. The zero-order valence-corrected chi connectivity index (χ0v) is 10.3. The molecule has 0 aromatic rings. The molecule has 1 aliphatic heterocycles. The fraction of sp³-hybridized carbons (Fsp3) is 0.714. The first kappa shape index (κ1) is 12.9. The average Bonchev–Trinajstić information content (AvgIpc) is 2.40. The van der Waals surface area contributed by atoms with E-state index in [0.717, 1.165) is 0 Å². The minimum Gasteiger partial charge on any atom is -0.297 e. The molecular formula is C7H11NO4S3. The molecule has 0 unspecified atom stereocenters. The molecule has 0 bridgehead atoms. The van der Waals surface area contributed by atoms with Crippen molar-refractivity contribution < 1.29 is 17.8 Å². The van der Waals surface area contributed by atoms with Crippen LogP contribution >= 0.6 is 24.0 Å². The molecule has 1 aliphatic rings. The minimum atomic E-state index is -3.89. The maximum Gasteiger partial charge on any atom is 0.264 e. The molecule has 0 aromatic carbocycles. The van der Waals surface area contributed by atoms with Gasteiger partial charge in [0.1, 0.15) is 4.32 Å². The summed E-state index contributed by atoms with van der Waals surface area (Å²) in [5, 5.41) is 0. The number of amides is 1. The first-order valence-electron chi connectivity index (χ1n) is 4.32. The predicted octanol–water partition coefficient (Wildman–Crippen LogP) is 0.515. The van der Waals surface area contributed by atoms with Gasteiger partial charge in [-0.05, 0) is 12.8 Å². The van der Waals surface area contributed by atoms with Gasteiger partial charge < -0.3 is 0 Å². The Labute approximate surface area is 98.0 Å². The lowest BCUT2D eigenvalue weighted by Gasteiger charge is -2.13.